The number of thioether (sulfide) groups is 1. The van der Waals surface area contributed by atoms with Crippen molar-refractivity contribution >= 4 is 72.6 Å². The van der Waals surface area contributed by atoms with E-state index in [4.69, 9.17) is 16.6 Å². The molecule has 2 aromatic heterocycles. The van der Waals surface area contributed by atoms with Gasteiger partial charge in [0.1, 0.15) is 10.2 Å². The van der Waals surface area contributed by atoms with Gasteiger partial charge in [-0.05, 0) is 59.7 Å². The SMILES string of the molecule is CN(C(=O)CCCCl)c1ccc(-c2cnc3[nH]c4ccc(N(C)S(=O)(=O)C5CC=CS5)cc4c3c2-c2ccccc2)cc1. The van der Waals surface area contributed by atoms with Gasteiger partial charge in [-0.1, -0.05) is 48.5 Å². The largest absolute Gasteiger partial charge is 0.339 e. The van der Waals surface area contributed by atoms with Crippen LogP contribution in [0.15, 0.2) is 90.5 Å². The van der Waals surface area contributed by atoms with E-state index >= 15 is 0 Å². The Morgan fingerprint density at radius 1 is 1.02 bits per heavy atom. The summed E-state index contributed by atoms with van der Waals surface area (Å²) in [5.74, 6) is 0.472. The maximum atomic E-state index is 13.4. The summed E-state index contributed by atoms with van der Waals surface area (Å²) < 4.78 is 27.6. The van der Waals surface area contributed by atoms with Gasteiger partial charge in [0.2, 0.25) is 15.9 Å². The molecule has 1 aliphatic heterocycles. The Hall–Kier alpha value is -3.79. The number of halogens is 1. The lowest BCUT2D eigenvalue weighted by Gasteiger charge is -2.23. The summed E-state index contributed by atoms with van der Waals surface area (Å²) in [5, 5.41) is 3.66. The Labute approximate surface area is 260 Å². The Bertz CT molecular complexity index is 1930. The van der Waals surface area contributed by atoms with Crippen LogP contribution < -0.4 is 9.21 Å². The molecule has 43 heavy (non-hydrogen) atoms. The van der Waals surface area contributed by atoms with Crippen molar-refractivity contribution in [3.8, 4) is 22.3 Å². The van der Waals surface area contributed by atoms with Crippen LogP contribution in [0.3, 0.4) is 0 Å². The summed E-state index contributed by atoms with van der Waals surface area (Å²) in [6.07, 6.45) is 5.29. The van der Waals surface area contributed by atoms with E-state index in [-0.39, 0.29) is 5.91 Å². The summed E-state index contributed by atoms with van der Waals surface area (Å²) >= 11 is 7.11. The molecule has 10 heteroatoms. The van der Waals surface area contributed by atoms with Gasteiger partial charge < -0.3 is 9.88 Å². The number of nitrogens with one attached hydrogen (secondary N) is 1. The van der Waals surface area contributed by atoms with Crippen molar-refractivity contribution in [2.75, 3.05) is 29.2 Å². The number of anilines is 2. The van der Waals surface area contributed by atoms with Crippen LogP contribution in [0.2, 0.25) is 0 Å². The molecule has 1 N–H and O–H groups in total. The molecule has 0 aliphatic carbocycles. The number of rotatable bonds is 9. The quantitative estimate of drug-likeness (QED) is 0.168. The highest BCUT2D eigenvalue weighted by atomic mass is 35.5. The highest BCUT2D eigenvalue weighted by Gasteiger charge is 2.31. The number of amides is 1. The van der Waals surface area contributed by atoms with Gasteiger partial charge in [-0.25, -0.2) is 13.4 Å². The van der Waals surface area contributed by atoms with Gasteiger partial charge in [0.25, 0.3) is 0 Å². The molecule has 3 aromatic carbocycles. The molecule has 5 aromatic rings. The van der Waals surface area contributed by atoms with Gasteiger partial charge in [0, 0.05) is 65.7 Å². The van der Waals surface area contributed by atoms with E-state index in [1.54, 1.807) is 19.0 Å². The first kappa shape index (κ1) is 29.3. The van der Waals surface area contributed by atoms with E-state index in [1.807, 2.05) is 78.3 Å². The Balaban J connectivity index is 1.48. The summed E-state index contributed by atoms with van der Waals surface area (Å²) in [5.41, 5.74) is 6.88. The van der Waals surface area contributed by atoms with Crippen molar-refractivity contribution in [3.63, 3.8) is 0 Å². The standard InChI is InChI=1S/C33H31ClN4O3S2/c1-37(29(39)10-6-18-34)24-14-12-22(13-15-24)27-21-35-33-32(31(27)23-8-4-3-5-9-23)26-20-25(16-17-28(26)36-33)38(2)43(40,41)30-11-7-19-42-30/h3-5,7-9,12-17,19-21,30H,6,10-11,18H2,1-2H3,(H,35,36). The van der Waals surface area contributed by atoms with Crippen LogP contribution in [0.25, 0.3) is 44.2 Å². The number of H-pyrrole nitrogens is 1. The van der Waals surface area contributed by atoms with Crippen LogP contribution in [0, 0.1) is 0 Å². The van der Waals surface area contributed by atoms with Gasteiger partial charge in [-0.3, -0.25) is 9.10 Å². The lowest BCUT2D eigenvalue weighted by molar-refractivity contribution is -0.118. The minimum absolute atomic E-state index is 0.0193. The van der Waals surface area contributed by atoms with Crippen molar-refractivity contribution in [1.29, 1.82) is 0 Å². The minimum Gasteiger partial charge on any atom is -0.339 e. The molecule has 0 bridgehead atoms. The number of carbonyl (C=O) groups is 1. The third-order valence-corrected chi connectivity index (χ3v) is 11.9. The van der Waals surface area contributed by atoms with E-state index in [0.29, 0.717) is 30.8 Å². The fourth-order valence-corrected chi connectivity index (χ4v) is 8.45. The molecule has 1 atom stereocenters. The number of hydrogen-bond acceptors (Lipinski definition) is 5. The zero-order chi connectivity index (χ0) is 30.1. The first-order valence-electron chi connectivity index (χ1n) is 14.0. The number of carbonyl (C=O) groups excluding carboxylic acids is 1. The molecule has 0 fully saturated rings. The number of pyridine rings is 1. The summed E-state index contributed by atoms with van der Waals surface area (Å²) in [6.45, 7) is 0. The summed E-state index contributed by atoms with van der Waals surface area (Å²) in [4.78, 5) is 22.5. The molecule has 0 saturated heterocycles. The van der Waals surface area contributed by atoms with Gasteiger partial charge >= 0.3 is 0 Å². The topological polar surface area (TPSA) is 86.4 Å². The van der Waals surface area contributed by atoms with Crippen LogP contribution in [0.5, 0.6) is 0 Å². The number of aromatic nitrogens is 2. The maximum Gasteiger partial charge on any atom is 0.247 e. The molecule has 3 heterocycles. The van der Waals surface area contributed by atoms with Crippen LogP contribution in [-0.4, -0.2) is 48.9 Å². The summed E-state index contributed by atoms with van der Waals surface area (Å²) in [6, 6.07) is 23.7. The third-order valence-electron chi connectivity index (χ3n) is 7.86. The van der Waals surface area contributed by atoms with Crippen molar-refractivity contribution in [3.05, 3.63) is 90.5 Å². The molecule has 0 saturated carbocycles. The average molecular weight is 631 g/mol. The van der Waals surface area contributed by atoms with Gasteiger partial charge in [-0.2, -0.15) is 0 Å². The second-order valence-corrected chi connectivity index (χ2v) is 14.4. The van der Waals surface area contributed by atoms with E-state index in [2.05, 4.69) is 17.1 Å². The zero-order valence-corrected chi connectivity index (χ0v) is 26.2. The first-order valence-corrected chi connectivity index (χ1v) is 17.0. The molecule has 220 valence electrons. The Morgan fingerprint density at radius 2 is 1.77 bits per heavy atom. The molecular formula is C33H31ClN4O3S2. The van der Waals surface area contributed by atoms with Crippen molar-refractivity contribution < 1.29 is 13.2 Å². The normalized spacial score (nSPS) is 14.9. The minimum atomic E-state index is -3.56. The zero-order valence-electron chi connectivity index (χ0n) is 23.8. The molecule has 1 aliphatic rings. The molecule has 7 nitrogen and oxygen atoms in total. The van der Waals surface area contributed by atoms with Gasteiger partial charge in [-0.15, -0.1) is 23.4 Å². The number of fused-ring (bicyclic) bond motifs is 3. The predicted molar refractivity (Wildman–Crippen MR) is 180 cm³/mol. The summed E-state index contributed by atoms with van der Waals surface area (Å²) in [7, 11) is -0.168. The second-order valence-electron chi connectivity index (χ2n) is 10.5. The van der Waals surface area contributed by atoms with Crippen LogP contribution in [0.4, 0.5) is 11.4 Å². The number of sulfonamides is 1. The van der Waals surface area contributed by atoms with Gasteiger partial charge in [0.15, 0.2) is 0 Å². The Kier molecular flexibility index (Phi) is 8.22. The molecule has 0 spiro atoms. The smallest absolute Gasteiger partial charge is 0.247 e. The molecule has 1 amide bonds. The highest BCUT2D eigenvalue weighted by Crippen LogP contribution is 2.42. The number of aromatic amines is 1. The van der Waals surface area contributed by atoms with E-state index in [0.717, 1.165) is 49.9 Å². The lowest BCUT2D eigenvalue weighted by atomic mass is 9.92. The van der Waals surface area contributed by atoms with E-state index < -0.39 is 14.6 Å². The average Bonchev–Trinajstić information content (AvgIpc) is 3.72. The number of allylic oxidation sites excluding steroid dienone is 1. The molecule has 0 radical (unpaired) electrons. The van der Waals surface area contributed by atoms with Crippen molar-refractivity contribution in [1.82, 2.24) is 9.97 Å². The fraction of sp³-hybridized carbons (Fsp3) is 0.212. The number of benzene rings is 3. The molecule has 1 unspecified atom stereocenters. The van der Waals surface area contributed by atoms with Gasteiger partial charge in [0.05, 0.1) is 5.69 Å². The maximum absolute atomic E-state index is 13.4. The van der Waals surface area contributed by atoms with E-state index in [1.165, 1.54) is 16.1 Å². The predicted octanol–water partition coefficient (Wildman–Crippen LogP) is 7.77. The second kappa shape index (κ2) is 12.1. The monoisotopic (exact) mass is 630 g/mol. The molecular weight excluding hydrogens is 600 g/mol. The first-order chi connectivity index (χ1) is 20.8. The molecule has 6 rings (SSSR count). The van der Waals surface area contributed by atoms with Crippen molar-refractivity contribution in [2.24, 2.45) is 0 Å². The van der Waals surface area contributed by atoms with Crippen LogP contribution >= 0.6 is 23.4 Å². The third kappa shape index (κ3) is 5.53. The highest BCUT2D eigenvalue weighted by molar-refractivity contribution is 8.15. The van der Waals surface area contributed by atoms with Crippen LogP contribution in [0.1, 0.15) is 19.3 Å². The Morgan fingerprint density at radius 3 is 2.47 bits per heavy atom. The van der Waals surface area contributed by atoms with Crippen LogP contribution in [-0.2, 0) is 14.8 Å². The lowest BCUT2D eigenvalue weighted by Crippen LogP contribution is -2.33. The van der Waals surface area contributed by atoms with E-state index in [9.17, 15) is 13.2 Å². The fourth-order valence-electron chi connectivity index (χ4n) is 5.44. The number of nitrogens with zero attached hydrogens (tertiary/aromatic N) is 3. The number of hydrogen-bond donors (Lipinski definition) is 1. The number of alkyl halides is 1. The van der Waals surface area contributed by atoms with Crippen molar-refractivity contribution in [2.45, 2.75) is 23.8 Å².